The molecule has 0 aromatic heterocycles. The summed E-state index contributed by atoms with van der Waals surface area (Å²) in [6, 6.07) is 0. The van der Waals surface area contributed by atoms with E-state index in [1.807, 2.05) is 0 Å². The first-order chi connectivity index (χ1) is 3.18. The second-order valence-electron chi connectivity index (χ2n) is 1.62. The molecule has 0 spiro atoms. The van der Waals surface area contributed by atoms with Crippen molar-refractivity contribution in [2.45, 2.75) is 12.7 Å². The zero-order valence-corrected chi connectivity index (χ0v) is 7.07. The zero-order valence-electron chi connectivity index (χ0n) is 5.36. The van der Waals surface area contributed by atoms with Gasteiger partial charge in [-0.15, -0.1) is 0 Å². The molecule has 7 heavy (non-hydrogen) atoms. The van der Waals surface area contributed by atoms with Crippen molar-refractivity contribution in [1.29, 1.82) is 0 Å². The summed E-state index contributed by atoms with van der Waals surface area (Å²) in [5.41, 5.74) is 0. The summed E-state index contributed by atoms with van der Waals surface area (Å²) in [6.45, 7) is 2.17. The van der Waals surface area contributed by atoms with Gasteiger partial charge >= 0.3 is 51.0 Å². The van der Waals surface area contributed by atoms with Gasteiger partial charge in [0, 0.05) is 0 Å². The fourth-order valence-corrected chi connectivity index (χ4v) is 0.949. The predicted octanol–water partition coefficient (Wildman–Crippen LogP) is 0.429. The van der Waals surface area contributed by atoms with Crippen LogP contribution in [0.15, 0.2) is 0 Å². The number of hydrogen-bond donors (Lipinski definition) is 0. The molecule has 0 unspecified atom stereocenters. The van der Waals surface area contributed by atoms with Crippen molar-refractivity contribution in [1.82, 2.24) is 0 Å². The Morgan fingerprint density at radius 2 is 1.86 bits per heavy atom. The summed E-state index contributed by atoms with van der Waals surface area (Å²) in [6.07, 6.45) is 0. The van der Waals surface area contributed by atoms with Gasteiger partial charge in [0.1, 0.15) is 0 Å². The van der Waals surface area contributed by atoms with Gasteiger partial charge in [0.2, 0.25) is 0 Å². The van der Waals surface area contributed by atoms with Crippen molar-refractivity contribution in [3.05, 3.63) is 0 Å². The van der Waals surface area contributed by atoms with Crippen LogP contribution in [0.25, 0.3) is 0 Å². The average molecular weight is 165 g/mol. The minimum absolute atomic E-state index is 0.698. The molecule has 0 radical (unpaired) electrons. The van der Waals surface area contributed by atoms with Crippen LogP contribution < -0.4 is 0 Å². The van der Waals surface area contributed by atoms with E-state index in [9.17, 15) is 0 Å². The van der Waals surface area contributed by atoms with E-state index in [0.29, 0.717) is 15.0 Å². The molecule has 42 valence electrons. The van der Waals surface area contributed by atoms with Gasteiger partial charge in [-0.05, 0) is 0 Å². The Kier molecular flexibility index (Phi) is 3.31. The molecule has 0 rings (SSSR count). The van der Waals surface area contributed by atoms with Crippen LogP contribution in [-0.2, 0) is 0 Å². The monoisotopic (exact) mass is 166 g/mol. The first-order valence-corrected chi connectivity index (χ1v) is 4.80. The van der Waals surface area contributed by atoms with E-state index < -0.39 is 0 Å². The van der Waals surface area contributed by atoms with Crippen LogP contribution >= 0.6 is 0 Å². The van der Waals surface area contributed by atoms with Gasteiger partial charge in [-0.25, -0.2) is 0 Å². The van der Waals surface area contributed by atoms with E-state index in [4.69, 9.17) is 0 Å². The molecule has 0 aromatic rings. The van der Waals surface area contributed by atoms with Crippen molar-refractivity contribution >= 4 is 19.6 Å². The Labute approximate surface area is 51.6 Å². The first kappa shape index (κ1) is 7.19. The summed E-state index contributed by atoms with van der Waals surface area (Å²) in [5, 5.41) is 0. The second-order valence-corrected chi connectivity index (χ2v) is 3.71. The molecule has 0 atom stereocenters. The molecule has 0 fully saturated rings. The number of hydrogen-bond acceptors (Lipinski definition) is 0. The van der Waals surface area contributed by atoms with Gasteiger partial charge in [0.05, 0.1) is 0 Å². The van der Waals surface area contributed by atoms with Gasteiger partial charge in [0.15, 0.2) is 0 Å². The van der Waals surface area contributed by atoms with Crippen molar-refractivity contribution in [3.8, 4) is 0 Å². The summed E-state index contributed by atoms with van der Waals surface area (Å²) >= 11 is 0.698. The molecule has 0 heterocycles. The molecule has 0 bridgehead atoms. The van der Waals surface area contributed by atoms with Gasteiger partial charge in [-0.1, -0.05) is 0 Å². The third-order valence-corrected chi connectivity index (χ3v) is 2.93. The summed E-state index contributed by atoms with van der Waals surface area (Å²) < 4.78 is 3.66. The fraction of sp³-hybridized carbons (Fsp3) is 0.800. The Hall–Kier alpha value is 0.189. The van der Waals surface area contributed by atoms with E-state index in [2.05, 4.69) is 31.4 Å². The molecular weight excluding hydrogens is 153 g/mol. The quantitative estimate of drug-likeness (QED) is 0.301. The predicted molar refractivity (Wildman–Crippen MR) is 34.4 cm³/mol. The third-order valence-electron chi connectivity index (χ3n) is 0.925. The Morgan fingerprint density at radius 1 is 1.43 bits per heavy atom. The topological polar surface area (TPSA) is 3.01 Å². The Morgan fingerprint density at radius 3 is 1.86 bits per heavy atom. The van der Waals surface area contributed by atoms with Crippen LogP contribution in [0.5, 0.6) is 0 Å². The molecule has 2 heteroatoms. The SMILES string of the molecule is C[Se]C(C)=[N+](C)C. The van der Waals surface area contributed by atoms with E-state index in [1.165, 1.54) is 4.61 Å². The average Bonchev–Trinajstić information content (AvgIpc) is 1.65. The number of nitrogens with zero attached hydrogens (tertiary/aromatic N) is 1. The van der Waals surface area contributed by atoms with E-state index in [0.717, 1.165) is 0 Å². The standard InChI is InChI=1S/C5H12NSe/c1-5(7-4)6(2)3/h1-4H3/q+1. The van der Waals surface area contributed by atoms with Crippen molar-refractivity contribution in [2.75, 3.05) is 14.1 Å². The molecule has 0 saturated heterocycles. The summed E-state index contributed by atoms with van der Waals surface area (Å²) in [7, 11) is 4.17. The summed E-state index contributed by atoms with van der Waals surface area (Å²) in [5.74, 6) is 2.22. The molecule has 0 aromatic carbocycles. The Bertz CT molecular complexity index is 82.1. The molecular formula is C5H12NSe+. The maximum absolute atomic E-state index is 2.22. The van der Waals surface area contributed by atoms with Gasteiger partial charge in [-0.2, -0.15) is 0 Å². The molecule has 0 aliphatic rings. The first-order valence-electron chi connectivity index (χ1n) is 2.23. The van der Waals surface area contributed by atoms with Crippen LogP contribution in [0.4, 0.5) is 0 Å². The van der Waals surface area contributed by atoms with Gasteiger partial charge in [-0.3, -0.25) is 0 Å². The van der Waals surface area contributed by atoms with Crippen molar-refractivity contribution < 1.29 is 4.58 Å². The fourth-order valence-electron chi connectivity index (χ4n) is 0.183. The van der Waals surface area contributed by atoms with Gasteiger partial charge in [0.25, 0.3) is 0 Å². The molecule has 0 saturated carbocycles. The number of rotatable bonds is 1. The molecule has 0 amide bonds. The van der Waals surface area contributed by atoms with Crippen LogP contribution in [0, 0.1) is 0 Å². The van der Waals surface area contributed by atoms with Crippen molar-refractivity contribution in [3.63, 3.8) is 0 Å². The van der Waals surface area contributed by atoms with E-state index in [1.54, 1.807) is 0 Å². The molecule has 0 aliphatic carbocycles. The third kappa shape index (κ3) is 2.84. The second kappa shape index (κ2) is 3.22. The van der Waals surface area contributed by atoms with Crippen LogP contribution in [0.1, 0.15) is 6.92 Å². The normalized spacial score (nSPS) is 8.57. The van der Waals surface area contributed by atoms with E-state index >= 15 is 0 Å². The Balaban J connectivity index is 3.72. The minimum atomic E-state index is 0.698. The van der Waals surface area contributed by atoms with Crippen LogP contribution in [0.2, 0.25) is 5.82 Å². The molecule has 0 aliphatic heterocycles. The molecule has 0 N–H and O–H groups in total. The maximum atomic E-state index is 2.22. The zero-order chi connectivity index (χ0) is 5.86. The van der Waals surface area contributed by atoms with Crippen LogP contribution in [-0.4, -0.2) is 38.2 Å². The van der Waals surface area contributed by atoms with E-state index in [-0.39, 0.29) is 0 Å². The van der Waals surface area contributed by atoms with Gasteiger partial charge < -0.3 is 0 Å². The molecule has 1 nitrogen and oxygen atoms in total. The van der Waals surface area contributed by atoms with Crippen LogP contribution in [0.3, 0.4) is 0 Å². The van der Waals surface area contributed by atoms with Crippen molar-refractivity contribution in [2.24, 2.45) is 0 Å². The summed E-state index contributed by atoms with van der Waals surface area (Å²) in [4.78, 5) is 0.